The van der Waals surface area contributed by atoms with Gasteiger partial charge in [-0.25, -0.2) is 0 Å². The molecule has 2 rings (SSSR count). The quantitative estimate of drug-likeness (QED) is 0.882. The number of halogens is 1. The Hall–Kier alpha value is -2.05. The highest BCUT2D eigenvalue weighted by Gasteiger charge is 2.01. The van der Waals surface area contributed by atoms with Crippen LogP contribution in [0, 0.1) is 11.3 Å². The Morgan fingerprint density at radius 1 is 1.18 bits per heavy atom. The molecule has 0 aliphatic rings. The lowest BCUT2D eigenvalue weighted by atomic mass is 10.1. The summed E-state index contributed by atoms with van der Waals surface area (Å²) in [6.45, 7) is 0. The van der Waals surface area contributed by atoms with Gasteiger partial charge >= 0.3 is 0 Å². The highest BCUT2D eigenvalue weighted by molar-refractivity contribution is 6.30. The van der Waals surface area contributed by atoms with Crippen molar-refractivity contribution in [3.63, 3.8) is 0 Å². The van der Waals surface area contributed by atoms with Crippen LogP contribution >= 0.6 is 11.6 Å². The van der Waals surface area contributed by atoms with Crippen molar-refractivity contribution in [3.8, 4) is 6.07 Å². The van der Waals surface area contributed by atoms with E-state index in [9.17, 15) is 4.79 Å². The zero-order chi connectivity index (χ0) is 12.3. The van der Waals surface area contributed by atoms with E-state index in [1.807, 2.05) is 18.2 Å². The van der Waals surface area contributed by atoms with E-state index in [-0.39, 0.29) is 11.1 Å². The summed E-state index contributed by atoms with van der Waals surface area (Å²) in [5, 5.41) is 9.33. The number of nitrogens with one attached hydrogen (secondary N) is 1. The van der Waals surface area contributed by atoms with E-state index in [1.165, 1.54) is 6.07 Å². The predicted octanol–water partition coefficient (Wildman–Crippen LogP) is 2.49. The summed E-state index contributed by atoms with van der Waals surface area (Å²) in [6.07, 6.45) is 0.609. The molecule has 2 aromatic rings. The van der Waals surface area contributed by atoms with Crippen molar-refractivity contribution in [1.82, 2.24) is 4.98 Å². The van der Waals surface area contributed by atoms with Crippen molar-refractivity contribution in [3.05, 3.63) is 68.6 Å². The van der Waals surface area contributed by atoms with Crippen molar-refractivity contribution >= 4 is 11.6 Å². The van der Waals surface area contributed by atoms with Gasteiger partial charge in [0, 0.05) is 17.1 Å². The maximum atomic E-state index is 11.4. The lowest BCUT2D eigenvalue weighted by Crippen LogP contribution is -2.12. The zero-order valence-corrected chi connectivity index (χ0v) is 9.66. The van der Waals surface area contributed by atoms with E-state index in [2.05, 4.69) is 4.98 Å². The van der Waals surface area contributed by atoms with Crippen LogP contribution < -0.4 is 5.56 Å². The van der Waals surface area contributed by atoms with Gasteiger partial charge in [0.25, 0.3) is 5.56 Å². The number of aromatic nitrogens is 1. The molecule has 4 heteroatoms. The third-order valence-electron chi connectivity index (χ3n) is 2.40. The molecule has 17 heavy (non-hydrogen) atoms. The van der Waals surface area contributed by atoms with Crippen LogP contribution in [0.25, 0.3) is 0 Å². The van der Waals surface area contributed by atoms with E-state index < -0.39 is 0 Å². The summed E-state index contributed by atoms with van der Waals surface area (Å²) in [5.41, 5.74) is 1.61. The number of nitriles is 1. The number of pyridine rings is 1. The molecular formula is C13H9ClN2O. The number of hydrogen-bond acceptors (Lipinski definition) is 2. The predicted molar refractivity (Wildman–Crippen MR) is 66.0 cm³/mol. The Balaban J connectivity index is 2.25. The molecule has 1 aromatic carbocycles. The number of H-pyrrole nitrogens is 1. The van der Waals surface area contributed by atoms with Crippen LogP contribution in [0.1, 0.15) is 16.8 Å². The lowest BCUT2D eigenvalue weighted by Gasteiger charge is -2.02. The van der Waals surface area contributed by atoms with Crippen LogP contribution in [-0.4, -0.2) is 4.98 Å². The highest BCUT2D eigenvalue weighted by atomic mass is 35.5. The number of aromatic amines is 1. The summed E-state index contributed by atoms with van der Waals surface area (Å²) in [6, 6.07) is 12.5. The van der Waals surface area contributed by atoms with Gasteiger partial charge in [0.05, 0.1) is 0 Å². The third kappa shape index (κ3) is 2.74. The molecule has 1 heterocycles. The van der Waals surface area contributed by atoms with Crippen molar-refractivity contribution in [2.24, 2.45) is 0 Å². The maximum absolute atomic E-state index is 11.4. The van der Waals surface area contributed by atoms with Crippen LogP contribution in [0.15, 0.2) is 41.2 Å². The average Bonchev–Trinajstić information content (AvgIpc) is 2.32. The molecule has 0 bridgehead atoms. The van der Waals surface area contributed by atoms with Gasteiger partial charge in [-0.3, -0.25) is 4.79 Å². The molecule has 0 aliphatic heterocycles. The van der Waals surface area contributed by atoms with E-state index in [0.29, 0.717) is 11.4 Å². The Bertz CT molecular complexity index is 623. The molecule has 1 aromatic heterocycles. The first kappa shape index (κ1) is 11.4. The molecule has 0 amide bonds. The van der Waals surface area contributed by atoms with Crippen molar-refractivity contribution in [2.75, 3.05) is 0 Å². The smallest absolute Gasteiger partial charge is 0.266 e. The Morgan fingerprint density at radius 3 is 2.47 bits per heavy atom. The summed E-state index contributed by atoms with van der Waals surface area (Å²) in [4.78, 5) is 14.1. The van der Waals surface area contributed by atoms with Gasteiger partial charge in [-0.05, 0) is 29.8 Å². The fourth-order valence-corrected chi connectivity index (χ4v) is 1.65. The zero-order valence-electron chi connectivity index (χ0n) is 8.90. The van der Waals surface area contributed by atoms with E-state index in [4.69, 9.17) is 16.9 Å². The first-order chi connectivity index (χ1) is 8.19. The summed E-state index contributed by atoms with van der Waals surface area (Å²) < 4.78 is 0. The Morgan fingerprint density at radius 2 is 1.88 bits per heavy atom. The molecule has 0 atom stereocenters. The molecule has 0 saturated carbocycles. The molecule has 0 unspecified atom stereocenters. The highest BCUT2D eigenvalue weighted by Crippen LogP contribution is 2.12. The molecule has 3 nitrogen and oxygen atoms in total. The van der Waals surface area contributed by atoms with Crippen LogP contribution in [0.4, 0.5) is 0 Å². The van der Waals surface area contributed by atoms with E-state index in [1.54, 1.807) is 18.2 Å². The minimum Gasteiger partial charge on any atom is -0.325 e. The SMILES string of the molecule is N#Cc1ccc(Cc2ccc(Cl)cc2)[nH]c1=O. The van der Waals surface area contributed by atoms with Crippen LogP contribution in [0.5, 0.6) is 0 Å². The van der Waals surface area contributed by atoms with Crippen LogP contribution in [-0.2, 0) is 6.42 Å². The second-order valence-electron chi connectivity index (χ2n) is 3.64. The number of rotatable bonds is 2. The van der Waals surface area contributed by atoms with Gasteiger partial charge in [-0.15, -0.1) is 0 Å². The van der Waals surface area contributed by atoms with Gasteiger partial charge in [-0.1, -0.05) is 23.7 Å². The maximum Gasteiger partial charge on any atom is 0.266 e. The van der Waals surface area contributed by atoms with Gasteiger partial charge in [-0.2, -0.15) is 5.26 Å². The van der Waals surface area contributed by atoms with Gasteiger partial charge < -0.3 is 4.98 Å². The van der Waals surface area contributed by atoms with Crippen molar-refractivity contribution in [1.29, 1.82) is 5.26 Å². The molecular weight excluding hydrogens is 236 g/mol. The third-order valence-corrected chi connectivity index (χ3v) is 2.65. The second kappa shape index (κ2) is 4.86. The van der Waals surface area contributed by atoms with E-state index >= 15 is 0 Å². The molecule has 0 aliphatic carbocycles. The largest absolute Gasteiger partial charge is 0.325 e. The topological polar surface area (TPSA) is 56.6 Å². The monoisotopic (exact) mass is 244 g/mol. The number of benzene rings is 1. The Kier molecular flexibility index (Phi) is 3.27. The van der Waals surface area contributed by atoms with Gasteiger partial charge in [0.15, 0.2) is 0 Å². The first-order valence-electron chi connectivity index (χ1n) is 5.06. The standard InChI is InChI=1S/C13H9ClN2O/c14-11-4-1-9(2-5-11)7-12-6-3-10(8-15)13(17)16-12/h1-6H,7H2,(H,16,17). The second-order valence-corrected chi connectivity index (χ2v) is 4.08. The van der Waals surface area contributed by atoms with Gasteiger partial charge in [0.1, 0.15) is 11.6 Å². The average molecular weight is 245 g/mol. The Labute approximate surface area is 103 Å². The summed E-state index contributed by atoms with van der Waals surface area (Å²) >= 11 is 5.79. The van der Waals surface area contributed by atoms with Crippen LogP contribution in [0.2, 0.25) is 5.02 Å². The molecule has 1 N–H and O–H groups in total. The fourth-order valence-electron chi connectivity index (χ4n) is 1.53. The molecule has 0 spiro atoms. The molecule has 0 saturated heterocycles. The summed E-state index contributed by atoms with van der Waals surface area (Å²) in [5.74, 6) is 0. The lowest BCUT2D eigenvalue weighted by molar-refractivity contribution is 1.04. The fraction of sp³-hybridized carbons (Fsp3) is 0.0769. The minimum absolute atomic E-state index is 0.129. The normalized spacial score (nSPS) is 9.88. The summed E-state index contributed by atoms with van der Waals surface area (Å²) in [7, 11) is 0. The molecule has 0 fully saturated rings. The molecule has 0 radical (unpaired) electrons. The van der Waals surface area contributed by atoms with Crippen molar-refractivity contribution in [2.45, 2.75) is 6.42 Å². The van der Waals surface area contributed by atoms with Crippen LogP contribution in [0.3, 0.4) is 0 Å². The van der Waals surface area contributed by atoms with E-state index in [0.717, 1.165) is 11.3 Å². The number of nitrogens with zero attached hydrogens (tertiary/aromatic N) is 1. The molecule has 84 valence electrons. The minimum atomic E-state index is -0.348. The van der Waals surface area contributed by atoms with Crippen molar-refractivity contribution < 1.29 is 0 Å². The first-order valence-corrected chi connectivity index (χ1v) is 5.43. The number of hydrogen-bond donors (Lipinski definition) is 1. The van der Waals surface area contributed by atoms with Gasteiger partial charge in [0.2, 0.25) is 0 Å².